The summed E-state index contributed by atoms with van der Waals surface area (Å²) in [6, 6.07) is 0. The predicted molar refractivity (Wildman–Crippen MR) is 59.4 cm³/mol. The lowest BCUT2D eigenvalue weighted by atomic mass is 9.97. The van der Waals surface area contributed by atoms with Crippen LogP contribution in [0.25, 0.3) is 0 Å². The molecule has 4 nitrogen and oxygen atoms in total. The quantitative estimate of drug-likeness (QED) is 0.667. The van der Waals surface area contributed by atoms with Crippen LogP contribution in [0.15, 0.2) is 27.7 Å². The van der Waals surface area contributed by atoms with Gasteiger partial charge in [-0.1, -0.05) is 0 Å². The van der Waals surface area contributed by atoms with Crippen LogP contribution in [0.2, 0.25) is 0 Å². The molecule has 1 aliphatic rings. The number of carbonyl (C=O) groups is 1. The van der Waals surface area contributed by atoms with E-state index in [0.29, 0.717) is 16.9 Å². The van der Waals surface area contributed by atoms with E-state index in [9.17, 15) is 13.2 Å². The third kappa shape index (κ3) is 2.62. The van der Waals surface area contributed by atoms with Crippen LogP contribution in [-0.4, -0.2) is 25.7 Å². The van der Waals surface area contributed by atoms with Gasteiger partial charge in [-0.05, 0) is 38.5 Å². The van der Waals surface area contributed by atoms with Crippen molar-refractivity contribution < 1.29 is 13.2 Å². The zero-order valence-electron chi connectivity index (χ0n) is 8.94. The van der Waals surface area contributed by atoms with E-state index < -0.39 is 10.0 Å². The van der Waals surface area contributed by atoms with Crippen molar-refractivity contribution in [2.75, 3.05) is 5.75 Å². The zero-order chi connectivity index (χ0) is 11.6. The molecule has 0 spiro atoms. The van der Waals surface area contributed by atoms with E-state index in [1.807, 2.05) is 0 Å². The van der Waals surface area contributed by atoms with E-state index in [0.717, 1.165) is 0 Å². The standard InChI is InChI=1S/C10H13NO3S/c1-4-15(13,14)11-9-5-6-10(12)8(3)7(9)2/h5-6H,4H2,1-3H3/b11-9-. The molecule has 0 fully saturated rings. The number of sulfonamides is 1. The second-order valence-corrected chi connectivity index (χ2v) is 5.22. The highest BCUT2D eigenvalue weighted by molar-refractivity contribution is 7.90. The van der Waals surface area contributed by atoms with Gasteiger partial charge in [-0.3, -0.25) is 4.79 Å². The van der Waals surface area contributed by atoms with Crippen LogP contribution in [0.5, 0.6) is 0 Å². The van der Waals surface area contributed by atoms with Crippen molar-refractivity contribution in [2.24, 2.45) is 4.40 Å². The van der Waals surface area contributed by atoms with Crippen molar-refractivity contribution in [3.63, 3.8) is 0 Å². The number of carbonyl (C=O) groups excluding carboxylic acids is 1. The molecule has 0 bridgehead atoms. The molecule has 1 rings (SSSR count). The fourth-order valence-corrected chi connectivity index (χ4v) is 1.72. The van der Waals surface area contributed by atoms with Crippen LogP contribution >= 0.6 is 0 Å². The molecule has 0 aromatic carbocycles. The van der Waals surface area contributed by atoms with Crippen molar-refractivity contribution >= 4 is 21.5 Å². The Bertz CT molecular complexity index is 481. The lowest BCUT2D eigenvalue weighted by molar-refractivity contribution is -0.111. The highest BCUT2D eigenvalue weighted by Gasteiger charge is 2.16. The number of allylic oxidation sites excluding steroid dienone is 4. The van der Waals surface area contributed by atoms with Gasteiger partial charge in [0.1, 0.15) is 0 Å². The van der Waals surface area contributed by atoms with Gasteiger partial charge in [0.2, 0.25) is 0 Å². The monoisotopic (exact) mass is 227 g/mol. The number of hydrogen-bond donors (Lipinski definition) is 0. The van der Waals surface area contributed by atoms with Gasteiger partial charge in [0.15, 0.2) is 5.78 Å². The van der Waals surface area contributed by atoms with Crippen LogP contribution in [0.4, 0.5) is 0 Å². The van der Waals surface area contributed by atoms with E-state index >= 15 is 0 Å². The molecule has 0 atom stereocenters. The maximum absolute atomic E-state index is 11.3. The molecular weight excluding hydrogens is 214 g/mol. The summed E-state index contributed by atoms with van der Waals surface area (Å²) < 4.78 is 26.2. The molecule has 0 saturated heterocycles. The molecule has 0 amide bonds. The summed E-state index contributed by atoms with van der Waals surface area (Å²) in [5.41, 5.74) is 1.52. The highest BCUT2D eigenvalue weighted by atomic mass is 32.2. The average molecular weight is 227 g/mol. The lowest BCUT2D eigenvalue weighted by Gasteiger charge is -2.10. The lowest BCUT2D eigenvalue weighted by Crippen LogP contribution is -2.13. The van der Waals surface area contributed by atoms with Crippen LogP contribution in [0, 0.1) is 0 Å². The van der Waals surface area contributed by atoms with Gasteiger partial charge in [-0.2, -0.15) is 4.40 Å². The van der Waals surface area contributed by atoms with Crippen molar-refractivity contribution in [3.05, 3.63) is 23.3 Å². The van der Waals surface area contributed by atoms with E-state index in [-0.39, 0.29) is 11.5 Å². The van der Waals surface area contributed by atoms with Gasteiger partial charge in [-0.25, -0.2) is 8.42 Å². The van der Waals surface area contributed by atoms with E-state index in [2.05, 4.69) is 4.40 Å². The Balaban J connectivity index is 3.22. The minimum absolute atomic E-state index is 0.0371. The van der Waals surface area contributed by atoms with Gasteiger partial charge < -0.3 is 0 Å². The fraction of sp³-hybridized carbons (Fsp3) is 0.400. The summed E-state index contributed by atoms with van der Waals surface area (Å²) >= 11 is 0. The van der Waals surface area contributed by atoms with Crippen LogP contribution in [0.1, 0.15) is 20.8 Å². The minimum atomic E-state index is -3.40. The molecule has 5 heteroatoms. The molecule has 0 saturated carbocycles. The SMILES string of the molecule is CCS(=O)(=O)/N=C1/C=CC(=O)C(C)=C1C. The molecular formula is C10H13NO3S. The summed E-state index contributed by atoms with van der Waals surface area (Å²) in [5, 5.41) is 0. The fourth-order valence-electron chi connectivity index (χ4n) is 1.09. The smallest absolute Gasteiger partial charge is 0.253 e. The minimum Gasteiger partial charge on any atom is -0.290 e. The summed E-state index contributed by atoms with van der Waals surface area (Å²) in [7, 11) is -3.40. The first-order valence-electron chi connectivity index (χ1n) is 4.60. The summed E-state index contributed by atoms with van der Waals surface area (Å²) in [4.78, 5) is 11.2. The van der Waals surface area contributed by atoms with Crippen molar-refractivity contribution in [1.82, 2.24) is 0 Å². The third-order valence-corrected chi connectivity index (χ3v) is 3.52. The molecule has 0 aromatic heterocycles. The molecule has 82 valence electrons. The molecule has 0 heterocycles. The summed E-state index contributed by atoms with van der Waals surface area (Å²) in [6.07, 6.45) is 2.78. The zero-order valence-corrected chi connectivity index (χ0v) is 9.76. The molecule has 0 aliphatic heterocycles. The van der Waals surface area contributed by atoms with E-state index in [1.165, 1.54) is 19.1 Å². The Kier molecular flexibility index (Phi) is 3.24. The number of nitrogens with zero attached hydrogens (tertiary/aromatic N) is 1. The second kappa shape index (κ2) is 4.10. The Labute approximate surface area is 89.5 Å². The highest BCUT2D eigenvalue weighted by Crippen LogP contribution is 2.15. The molecule has 15 heavy (non-hydrogen) atoms. The van der Waals surface area contributed by atoms with Crippen molar-refractivity contribution in [3.8, 4) is 0 Å². The third-order valence-electron chi connectivity index (χ3n) is 2.31. The van der Waals surface area contributed by atoms with Crippen molar-refractivity contribution in [1.29, 1.82) is 0 Å². The molecule has 0 N–H and O–H groups in total. The van der Waals surface area contributed by atoms with Gasteiger partial charge in [0.05, 0.1) is 11.5 Å². The Morgan fingerprint density at radius 3 is 2.33 bits per heavy atom. The first-order chi connectivity index (χ1) is 6.87. The maximum atomic E-state index is 11.3. The van der Waals surface area contributed by atoms with Crippen LogP contribution < -0.4 is 0 Å². The Morgan fingerprint density at radius 2 is 1.80 bits per heavy atom. The topological polar surface area (TPSA) is 63.6 Å². The Hall–Kier alpha value is -1.23. The molecule has 0 aromatic rings. The first kappa shape index (κ1) is 11.8. The Morgan fingerprint density at radius 1 is 1.20 bits per heavy atom. The first-order valence-corrected chi connectivity index (χ1v) is 6.21. The number of ketones is 1. The molecule has 0 radical (unpaired) electrons. The summed E-state index contributed by atoms with van der Waals surface area (Å²) in [5.74, 6) is -0.134. The van der Waals surface area contributed by atoms with Crippen LogP contribution in [0.3, 0.4) is 0 Å². The van der Waals surface area contributed by atoms with Gasteiger partial charge in [0.25, 0.3) is 10.0 Å². The maximum Gasteiger partial charge on any atom is 0.253 e. The number of rotatable bonds is 2. The van der Waals surface area contributed by atoms with Gasteiger partial charge in [0, 0.05) is 5.57 Å². The molecule has 0 unspecified atom stereocenters. The largest absolute Gasteiger partial charge is 0.290 e. The van der Waals surface area contributed by atoms with E-state index in [1.54, 1.807) is 13.8 Å². The van der Waals surface area contributed by atoms with Gasteiger partial charge in [-0.15, -0.1) is 0 Å². The number of hydrogen-bond acceptors (Lipinski definition) is 3. The van der Waals surface area contributed by atoms with Crippen molar-refractivity contribution in [2.45, 2.75) is 20.8 Å². The molecule has 1 aliphatic carbocycles. The van der Waals surface area contributed by atoms with E-state index in [4.69, 9.17) is 0 Å². The summed E-state index contributed by atoms with van der Waals surface area (Å²) in [6.45, 7) is 4.89. The van der Waals surface area contributed by atoms with Crippen LogP contribution in [-0.2, 0) is 14.8 Å². The normalized spacial score (nSPS) is 20.2. The second-order valence-electron chi connectivity index (χ2n) is 3.29. The average Bonchev–Trinajstić information content (AvgIpc) is 2.19. The van der Waals surface area contributed by atoms with Gasteiger partial charge >= 0.3 is 0 Å². The predicted octanol–water partition coefficient (Wildman–Crippen LogP) is 1.25.